The van der Waals surface area contributed by atoms with E-state index in [4.69, 9.17) is 16.3 Å². The van der Waals surface area contributed by atoms with E-state index in [0.29, 0.717) is 42.3 Å². The quantitative estimate of drug-likeness (QED) is 0.661. The molecule has 2 heterocycles. The molecule has 0 radical (unpaired) electrons. The van der Waals surface area contributed by atoms with E-state index in [0.717, 1.165) is 5.69 Å². The summed E-state index contributed by atoms with van der Waals surface area (Å²) in [7, 11) is 0. The number of ether oxygens (including phenoxy) is 1. The van der Waals surface area contributed by atoms with Crippen molar-refractivity contribution in [2.24, 2.45) is 0 Å². The van der Waals surface area contributed by atoms with Crippen LogP contribution in [0, 0.1) is 0 Å². The highest BCUT2D eigenvalue weighted by molar-refractivity contribution is 6.35. The van der Waals surface area contributed by atoms with E-state index in [2.05, 4.69) is 15.8 Å². The second kappa shape index (κ2) is 9.41. The van der Waals surface area contributed by atoms with E-state index >= 15 is 4.39 Å². The fourth-order valence-electron chi connectivity index (χ4n) is 3.30. The van der Waals surface area contributed by atoms with Gasteiger partial charge in [0.05, 0.1) is 11.8 Å². The Hall–Kier alpha value is -2.38. The Morgan fingerprint density at radius 1 is 1.28 bits per heavy atom. The van der Waals surface area contributed by atoms with Crippen molar-refractivity contribution in [2.45, 2.75) is 38.5 Å². The van der Waals surface area contributed by atoms with Gasteiger partial charge in [-0.25, -0.2) is 9.37 Å². The number of carbonyl (C=O) groups is 1. The van der Waals surface area contributed by atoms with Crippen molar-refractivity contribution >= 4 is 29.0 Å². The zero-order valence-electron chi connectivity index (χ0n) is 16.6. The summed E-state index contributed by atoms with van der Waals surface area (Å²) in [6.07, 6.45) is 2.32. The number of halogens is 2. The predicted molar refractivity (Wildman–Crippen MR) is 113 cm³/mol. The average Bonchev–Trinajstić information content (AvgIpc) is 2.73. The normalized spacial score (nSPS) is 16.0. The van der Waals surface area contributed by atoms with Crippen LogP contribution in [0.25, 0.3) is 0 Å². The summed E-state index contributed by atoms with van der Waals surface area (Å²) >= 11 is 6.50. The number of pyridine rings is 1. The molecule has 1 amide bonds. The molecule has 0 aliphatic carbocycles. The molecule has 1 saturated heterocycles. The molecule has 156 valence electrons. The number of anilines is 2. The number of piperidine rings is 1. The summed E-state index contributed by atoms with van der Waals surface area (Å²) in [6.45, 7) is 4.70. The van der Waals surface area contributed by atoms with Gasteiger partial charge in [0.1, 0.15) is 17.3 Å². The minimum Gasteiger partial charge on any atom is -0.370 e. The Kier molecular flexibility index (Phi) is 6.92. The van der Waals surface area contributed by atoms with Crippen LogP contribution in [0.4, 0.5) is 15.9 Å². The summed E-state index contributed by atoms with van der Waals surface area (Å²) in [6, 6.07) is 11.1. The fourth-order valence-corrected chi connectivity index (χ4v) is 3.58. The zero-order valence-corrected chi connectivity index (χ0v) is 17.4. The van der Waals surface area contributed by atoms with Crippen LogP contribution in [0.15, 0.2) is 42.6 Å². The number of nitrogens with one attached hydrogen (secondary N) is 2. The predicted octanol–water partition coefficient (Wildman–Crippen LogP) is 4.07. The van der Waals surface area contributed by atoms with Crippen molar-refractivity contribution in [1.82, 2.24) is 10.4 Å². The van der Waals surface area contributed by atoms with Gasteiger partial charge in [0.2, 0.25) is 0 Å². The Bertz CT molecular complexity index is 827. The van der Waals surface area contributed by atoms with E-state index in [1.54, 1.807) is 12.3 Å². The Balaban J connectivity index is 1.62. The van der Waals surface area contributed by atoms with Gasteiger partial charge in [0.25, 0.3) is 5.91 Å². The lowest BCUT2D eigenvalue weighted by molar-refractivity contribution is -0.126. The maximum absolute atomic E-state index is 15.4. The second-order valence-electron chi connectivity index (χ2n) is 7.34. The van der Waals surface area contributed by atoms with Crippen LogP contribution in [0.5, 0.6) is 0 Å². The maximum Gasteiger partial charge on any atom is 0.264 e. The number of alkyl halides is 1. The second-order valence-corrected chi connectivity index (χ2v) is 7.72. The molecule has 6 nitrogen and oxygen atoms in total. The first-order chi connectivity index (χ1) is 13.9. The first-order valence-corrected chi connectivity index (χ1v) is 10.1. The number of amides is 1. The first kappa shape index (κ1) is 21.3. The molecule has 2 N–H and O–H groups in total. The molecule has 1 aromatic carbocycles. The van der Waals surface area contributed by atoms with Crippen LogP contribution in [-0.4, -0.2) is 36.7 Å². The molecule has 1 aliphatic rings. The molecule has 1 fully saturated rings. The minimum absolute atomic E-state index is 0.0385. The van der Waals surface area contributed by atoms with Gasteiger partial charge in [-0.05, 0) is 25.5 Å². The number of hydrogen-bond acceptors (Lipinski definition) is 5. The van der Waals surface area contributed by atoms with Gasteiger partial charge in [-0.3, -0.25) is 15.6 Å². The number of nitrogens with zero attached hydrogens (tertiary/aromatic N) is 2. The fraction of sp³-hybridized carbons (Fsp3) is 0.429. The summed E-state index contributed by atoms with van der Waals surface area (Å²) in [5.74, 6) is 0.00669. The van der Waals surface area contributed by atoms with E-state index in [1.165, 1.54) is 0 Å². The lowest BCUT2D eigenvalue weighted by atomic mass is 9.86. The SMILES string of the molecule is CC(C)OCC(=O)NNc1nccc(N2CCC(F)(c3ccccc3)CC2)c1Cl. The molecule has 8 heteroatoms. The third-order valence-corrected chi connectivity index (χ3v) is 5.30. The number of rotatable bonds is 7. The molecule has 0 unspecified atom stereocenters. The molecular weight excluding hydrogens is 395 g/mol. The lowest BCUT2D eigenvalue weighted by Crippen LogP contribution is -2.40. The van der Waals surface area contributed by atoms with Gasteiger partial charge in [0.15, 0.2) is 5.82 Å². The standard InChI is InChI=1S/C21H26ClFN4O2/c1-15(2)29-14-18(28)25-26-20-19(22)17(8-11-24-20)27-12-9-21(23,10-13-27)16-6-4-3-5-7-16/h3-8,11,15H,9-10,12-14H2,1-2H3,(H,24,26)(H,25,28). The van der Waals surface area contributed by atoms with Crippen molar-refractivity contribution in [3.05, 3.63) is 53.2 Å². The number of aromatic nitrogens is 1. The van der Waals surface area contributed by atoms with Crippen LogP contribution in [0.3, 0.4) is 0 Å². The van der Waals surface area contributed by atoms with Crippen molar-refractivity contribution in [2.75, 3.05) is 30.0 Å². The van der Waals surface area contributed by atoms with Crippen molar-refractivity contribution in [1.29, 1.82) is 0 Å². The Morgan fingerprint density at radius 3 is 2.62 bits per heavy atom. The van der Waals surface area contributed by atoms with Crippen molar-refractivity contribution in [3.63, 3.8) is 0 Å². The molecule has 0 saturated carbocycles. The molecule has 29 heavy (non-hydrogen) atoms. The zero-order chi connectivity index (χ0) is 20.9. The van der Waals surface area contributed by atoms with E-state index in [1.807, 2.05) is 49.1 Å². The van der Waals surface area contributed by atoms with Crippen LogP contribution < -0.4 is 15.8 Å². The molecule has 1 aromatic heterocycles. The molecule has 0 spiro atoms. The van der Waals surface area contributed by atoms with Crippen LogP contribution in [0.1, 0.15) is 32.3 Å². The highest BCUT2D eigenvalue weighted by atomic mass is 35.5. The highest BCUT2D eigenvalue weighted by Gasteiger charge is 2.36. The van der Waals surface area contributed by atoms with Gasteiger partial charge in [-0.2, -0.15) is 0 Å². The van der Waals surface area contributed by atoms with Crippen molar-refractivity contribution < 1.29 is 13.9 Å². The monoisotopic (exact) mass is 420 g/mol. The Morgan fingerprint density at radius 2 is 1.97 bits per heavy atom. The van der Waals surface area contributed by atoms with Crippen molar-refractivity contribution in [3.8, 4) is 0 Å². The highest BCUT2D eigenvalue weighted by Crippen LogP contribution is 2.40. The third-order valence-electron chi connectivity index (χ3n) is 4.92. The summed E-state index contributed by atoms with van der Waals surface area (Å²) in [4.78, 5) is 18.0. The van der Waals surface area contributed by atoms with Gasteiger partial charge < -0.3 is 9.64 Å². The first-order valence-electron chi connectivity index (χ1n) is 9.69. The average molecular weight is 421 g/mol. The van der Waals surface area contributed by atoms with Crippen LogP contribution >= 0.6 is 11.6 Å². The smallest absolute Gasteiger partial charge is 0.264 e. The minimum atomic E-state index is -1.33. The summed E-state index contributed by atoms with van der Waals surface area (Å²) < 4.78 is 20.6. The summed E-state index contributed by atoms with van der Waals surface area (Å²) in [5.41, 5.74) is 5.40. The maximum atomic E-state index is 15.4. The van der Waals surface area contributed by atoms with E-state index in [-0.39, 0.29) is 18.6 Å². The third kappa shape index (κ3) is 5.36. The van der Waals surface area contributed by atoms with Gasteiger partial charge in [-0.15, -0.1) is 0 Å². The number of hydrazine groups is 1. The van der Waals surface area contributed by atoms with Gasteiger partial charge in [0, 0.05) is 32.1 Å². The molecule has 3 rings (SSSR count). The molecule has 0 atom stereocenters. The summed E-state index contributed by atoms with van der Waals surface area (Å²) in [5, 5.41) is 0.378. The van der Waals surface area contributed by atoms with E-state index in [9.17, 15) is 4.79 Å². The molecule has 1 aliphatic heterocycles. The number of hydrogen-bond donors (Lipinski definition) is 2. The van der Waals surface area contributed by atoms with E-state index < -0.39 is 5.67 Å². The Labute approximate surface area is 175 Å². The topological polar surface area (TPSA) is 66.5 Å². The van der Waals surface area contributed by atoms with Gasteiger partial charge in [-0.1, -0.05) is 41.9 Å². The lowest BCUT2D eigenvalue weighted by Gasteiger charge is -2.38. The number of benzene rings is 1. The number of carbonyl (C=O) groups excluding carboxylic acids is 1. The van der Waals surface area contributed by atoms with Crippen LogP contribution in [0.2, 0.25) is 5.02 Å². The molecular formula is C21H26ClFN4O2. The largest absolute Gasteiger partial charge is 0.370 e. The van der Waals surface area contributed by atoms with Crippen LogP contribution in [-0.2, 0) is 15.2 Å². The van der Waals surface area contributed by atoms with Gasteiger partial charge >= 0.3 is 0 Å². The molecule has 2 aromatic rings. The molecule has 0 bridgehead atoms.